The minimum absolute atomic E-state index is 0.0720. The Kier molecular flexibility index (Phi) is 5.17. The smallest absolute Gasteiger partial charge is 0.272 e. The lowest BCUT2D eigenvalue weighted by Gasteiger charge is -2.03. The summed E-state index contributed by atoms with van der Waals surface area (Å²) in [5.41, 5.74) is 4.82. The normalized spacial score (nSPS) is 10.7. The van der Waals surface area contributed by atoms with E-state index in [1.807, 2.05) is 54.6 Å². The number of nitrogens with zero attached hydrogens (tertiary/aromatic N) is 3. The maximum atomic E-state index is 11.1. The highest BCUT2D eigenvalue weighted by molar-refractivity contribution is 5.82. The molecule has 0 heterocycles. The second kappa shape index (κ2) is 7.87. The fraction of sp³-hybridized carbons (Fsp3) is 0. The molecule has 0 amide bonds. The summed E-state index contributed by atoms with van der Waals surface area (Å²) in [6.07, 6.45) is 1.51. The number of rotatable bonds is 6. The molecule has 3 aromatic rings. The minimum atomic E-state index is -0.695. The van der Waals surface area contributed by atoms with Crippen LogP contribution in [0.15, 0.2) is 77.9 Å². The molecule has 8 nitrogen and oxygen atoms in total. The van der Waals surface area contributed by atoms with Crippen molar-refractivity contribution in [3.05, 3.63) is 98.6 Å². The van der Waals surface area contributed by atoms with E-state index in [0.29, 0.717) is 0 Å². The number of benzene rings is 3. The predicted octanol–water partition coefficient (Wildman–Crippen LogP) is 4.62. The van der Waals surface area contributed by atoms with E-state index in [1.165, 1.54) is 18.3 Å². The molecule has 1 N–H and O–H groups in total. The van der Waals surface area contributed by atoms with Crippen molar-refractivity contribution in [3.8, 4) is 11.1 Å². The van der Waals surface area contributed by atoms with E-state index in [4.69, 9.17) is 0 Å². The van der Waals surface area contributed by atoms with E-state index in [0.717, 1.165) is 22.8 Å². The van der Waals surface area contributed by atoms with Gasteiger partial charge in [-0.2, -0.15) is 5.10 Å². The monoisotopic (exact) mass is 362 g/mol. The van der Waals surface area contributed by atoms with Gasteiger partial charge in [0.05, 0.1) is 22.1 Å². The van der Waals surface area contributed by atoms with Crippen molar-refractivity contribution < 1.29 is 9.85 Å². The van der Waals surface area contributed by atoms with E-state index in [-0.39, 0.29) is 11.4 Å². The quantitative estimate of drug-likeness (QED) is 0.391. The molecule has 0 unspecified atom stereocenters. The summed E-state index contributed by atoms with van der Waals surface area (Å²) in [4.78, 5) is 20.5. The summed E-state index contributed by atoms with van der Waals surface area (Å²) in [6.45, 7) is 0. The predicted molar refractivity (Wildman–Crippen MR) is 103 cm³/mol. The topological polar surface area (TPSA) is 111 Å². The minimum Gasteiger partial charge on any atom is -0.272 e. The molecule has 0 aliphatic carbocycles. The van der Waals surface area contributed by atoms with Crippen molar-refractivity contribution in [1.82, 2.24) is 0 Å². The van der Waals surface area contributed by atoms with E-state index >= 15 is 0 Å². The average molecular weight is 362 g/mol. The maximum Gasteiger partial charge on any atom is 0.301 e. The van der Waals surface area contributed by atoms with Gasteiger partial charge in [-0.05, 0) is 22.8 Å². The molecule has 134 valence electrons. The molecule has 0 atom stereocenters. The standard InChI is InChI=1S/C19H14N4O4/c24-22(25)17-10-11-18(19(12-17)23(26)27)21-20-13-14-6-8-16(9-7-14)15-4-2-1-3-5-15/h1-13,21H. The summed E-state index contributed by atoms with van der Waals surface area (Å²) >= 11 is 0. The number of nitro groups is 2. The fourth-order valence-electron chi connectivity index (χ4n) is 2.45. The number of hydrogen-bond donors (Lipinski definition) is 1. The molecule has 3 aromatic carbocycles. The molecular weight excluding hydrogens is 348 g/mol. The van der Waals surface area contributed by atoms with Crippen molar-refractivity contribution in [2.45, 2.75) is 0 Å². The van der Waals surface area contributed by atoms with Crippen LogP contribution in [-0.2, 0) is 0 Å². The Morgan fingerprint density at radius 2 is 1.48 bits per heavy atom. The van der Waals surface area contributed by atoms with Crippen molar-refractivity contribution in [1.29, 1.82) is 0 Å². The first-order valence-corrected chi connectivity index (χ1v) is 7.92. The van der Waals surface area contributed by atoms with Gasteiger partial charge in [0, 0.05) is 6.07 Å². The maximum absolute atomic E-state index is 11.1. The van der Waals surface area contributed by atoms with Crippen LogP contribution in [0.1, 0.15) is 5.56 Å². The molecule has 8 heteroatoms. The van der Waals surface area contributed by atoms with Gasteiger partial charge in [0.1, 0.15) is 5.69 Å². The SMILES string of the molecule is O=[N+]([O-])c1ccc(NN=Cc2ccc(-c3ccccc3)cc2)c([N+](=O)[O-])c1. The summed E-state index contributed by atoms with van der Waals surface area (Å²) in [7, 11) is 0. The van der Waals surface area contributed by atoms with E-state index in [2.05, 4.69) is 10.5 Å². The van der Waals surface area contributed by atoms with Gasteiger partial charge in [-0.3, -0.25) is 25.7 Å². The van der Waals surface area contributed by atoms with Gasteiger partial charge >= 0.3 is 5.69 Å². The van der Waals surface area contributed by atoms with Crippen LogP contribution in [-0.4, -0.2) is 16.1 Å². The first kappa shape index (κ1) is 17.7. The Hall–Kier alpha value is -4.07. The van der Waals surface area contributed by atoms with Gasteiger partial charge in [0.25, 0.3) is 5.69 Å². The molecule has 0 radical (unpaired) electrons. The zero-order valence-electron chi connectivity index (χ0n) is 14.0. The third-order valence-corrected chi connectivity index (χ3v) is 3.81. The second-order valence-corrected chi connectivity index (χ2v) is 5.57. The van der Waals surface area contributed by atoms with Gasteiger partial charge in [0.2, 0.25) is 0 Å². The molecule has 0 bridgehead atoms. The van der Waals surface area contributed by atoms with Crippen molar-refractivity contribution in [2.24, 2.45) is 5.10 Å². The van der Waals surface area contributed by atoms with Gasteiger partial charge < -0.3 is 0 Å². The Morgan fingerprint density at radius 3 is 2.11 bits per heavy atom. The van der Waals surface area contributed by atoms with Crippen molar-refractivity contribution in [2.75, 3.05) is 5.43 Å². The number of nitro benzene ring substituents is 2. The zero-order chi connectivity index (χ0) is 19.2. The largest absolute Gasteiger partial charge is 0.301 e. The average Bonchev–Trinajstić information content (AvgIpc) is 2.69. The highest BCUT2D eigenvalue weighted by Crippen LogP contribution is 2.28. The van der Waals surface area contributed by atoms with E-state index in [9.17, 15) is 20.2 Å². The molecule has 0 saturated heterocycles. The molecule has 3 rings (SSSR count). The lowest BCUT2D eigenvalue weighted by Crippen LogP contribution is -1.98. The first-order chi connectivity index (χ1) is 13.0. The zero-order valence-corrected chi connectivity index (χ0v) is 14.0. The summed E-state index contributed by atoms with van der Waals surface area (Å²) in [6, 6.07) is 20.9. The summed E-state index contributed by atoms with van der Waals surface area (Å²) in [5.74, 6) is 0. The van der Waals surface area contributed by atoms with Crippen LogP contribution in [0.5, 0.6) is 0 Å². The Balaban J connectivity index is 1.74. The molecule has 0 aliphatic rings. The van der Waals surface area contributed by atoms with Crippen molar-refractivity contribution in [3.63, 3.8) is 0 Å². The van der Waals surface area contributed by atoms with E-state index in [1.54, 1.807) is 0 Å². The molecule has 0 aliphatic heterocycles. The van der Waals surface area contributed by atoms with Crippen molar-refractivity contribution >= 4 is 23.3 Å². The van der Waals surface area contributed by atoms with Gasteiger partial charge in [-0.15, -0.1) is 0 Å². The molecular formula is C19H14N4O4. The van der Waals surface area contributed by atoms with E-state index < -0.39 is 15.5 Å². The molecule has 27 heavy (non-hydrogen) atoms. The van der Waals surface area contributed by atoms with Crippen LogP contribution < -0.4 is 5.43 Å². The molecule has 0 saturated carbocycles. The number of anilines is 1. The Labute approximate surface area is 154 Å². The second-order valence-electron chi connectivity index (χ2n) is 5.57. The van der Waals surface area contributed by atoms with Crippen LogP contribution in [0.3, 0.4) is 0 Å². The third-order valence-electron chi connectivity index (χ3n) is 3.81. The summed E-state index contributed by atoms with van der Waals surface area (Å²) < 4.78 is 0. The highest BCUT2D eigenvalue weighted by atomic mass is 16.6. The van der Waals surface area contributed by atoms with Crippen LogP contribution in [0.2, 0.25) is 0 Å². The molecule has 0 aromatic heterocycles. The van der Waals surface area contributed by atoms with Gasteiger partial charge in [-0.25, -0.2) is 0 Å². The van der Waals surface area contributed by atoms with Gasteiger partial charge in [-0.1, -0.05) is 54.6 Å². The number of hydrogen-bond acceptors (Lipinski definition) is 6. The first-order valence-electron chi connectivity index (χ1n) is 7.92. The lowest BCUT2D eigenvalue weighted by atomic mass is 10.0. The Morgan fingerprint density at radius 1 is 0.815 bits per heavy atom. The van der Waals surface area contributed by atoms with Gasteiger partial charge in [0.15, 0.2) is 0 Å². The molecule has 0 spiro atoms. The number of non-ortho nitro benzene ring substituents is 1. The number of nitrogens with one attached hydrogen (secondary N) is 1. The lowest BCUT2D eigenvalue weighted by molar-refractivity contribution is -0.393. The number of hydrazone groups is 1. The van der Waals surface area contributed by atoms with Crippen LogP contribution in [0.25, 0.3) is 11.1 Å². The highest BCUT2D eigenvalue weighted by Gasteiger charge is 2.18. The summed E-state index contributed by atoms with van der Waals surface area (Å²) in [5, 5.41) is 25.8. The fourth-order valence-corrected chi connectivity index (χ4v) is 2.45. The Bertz CT molecular complexity index is 1000. The van der Waals surface area contributed by atoms with Crippen LogP contribution in [0.4, 0.5) is 17.1 Å². The third kappa shape index (κ3) is 4.31. The van der Waals surface area contributed by atoms with Crippen LogP contribution in [0, 0.1) is 20.2 Å². The van der Waals surface area contributed by atoms with Crippen LogP contribution >= 0.6 is 0 Å². The molecule has 0 fully saturated rings.